The van der Waals surface area contributed by atoms with E-state index in [1.807, 2.05) is 11.7 Å². The van der Waals surface area contributed by atoms with Crippen LogP contribution < -0.4 is 5.73 Å². The van der Waals surface area contributed by atoms with E-state index >= 15 is 0 Å². The van der Waals surface area contributed by atoms with Gasteiger partial charge >= 0.3 is 0 Å². The van der Waals surface area contributed by atoms with Crippen LogP contribution in [0.4, 0.5) is 0 Å². The first-order chi connectivity index (χ1) is 9.24. The quantitative estimate of drug-likeness (QED) is 0.902. The molecule has 0 atom stereocenters. The molecule has 0 unspecified atom stereocenters. The second-order valence-electron chi connectivity index (χ2n) is 7.01. The Hall–Kier alpha value is -0.900. The monoisotopic (exact) mass is 260 g/mol. The van der Waals surface area contributed by atoms with Gasteiger partial charge in [0.05, 0.1) is 0 Å². The van der Waals surface area contributed by atoms with Crippen LogP contribution in [0.3, 0.4) is 0 Å². The molecule has 4 fully saturated rings. The van der Waals surface area contributed by atoms with Crippen LogP contribution in [-0.4, -0.2) is 21.3 Å². The highest BCUT2D eigenvalue weighted by atomic mass is 15.3. The Bertz CT molecular complexity index is 450. The summed E-state index contributed by atoms with van der Waals surface area (Å²) in [5, 5.41) is 4.73. The van der Waals surface area contributed by atoms with Gasteiger partial charge in [0, 0.05) is 19.4 Å². The minimum Gasteiger partial charge on any atom is -0.330 e. The molecule has 0 spiro atoms. The van der Waals surface area contributed by atoms with Gasteiger partial charge in [-0.1, -0.05) is 0 Å². The van der Waals surface area contributed by atoms with E-state index in [-0.39, 0.29) is 0 Å². The molecule has 4 aliphatic rings. The topological polar surface area (TPSA) is 56.7 Å². The first-order valence-electron chi connectivity index (χ1n) is 7.84. The van der Waals surface area contributed by atoms with Crippen molar-refractivity contribution in [3.63, 3.8) is 0 Å². The van der Waals surface area contributed by atoms with Crippen LogP contribution >= 0.6 is 0 Å². The van der Waals surface area contributed by atoms with Gasteiger partial charge in [0.25, 0.3) is 0 Å². The predicted molar refractivity (Wildman–Crippen MR) is 73.5 cm³/mol. The van der Waals surface area contributed by atoms with Crippen LogP contribution in [0.15, 0.2) is 0 Å². The molecule has 4 nitrogen and oxygen atoms in total. The Labute approximate surface area is 114 Å². The summed E-state index contributed by atoms with van der Waals surface area (Å²) in [4.78, 5) is 4.82. The number of hydrogen-bond donors (Lipinski definition) is 1. The van der Waals surface area contributed by atoms with E-state index in [9.17, 15) is 0 Å². The Morgan fingerprint density at radius 1 is 1.11 bits per heavy atom. The second-order valence-corrected chi connectivity index (χ2v) is 7.01. The summed E-state index contributed by atoms with van der Waals surface area (Å²) in [6, 6.07) is 0. The first-order valence-corrected chi connectivity index (χ1v) is 7.84. The summed E-state index contributed by atoms with van der Waals surface area (Å²) in [6.45, 7) is 0.660. The van der Waals surface area contributed by atoms with E-state index in [0.717, 1.165) is 41.7 Å². The van der Waals surface area contributed by atoms with Crippen molar-refractivity contribution >= 4 is 0 Å². The summed E-state index contributed by atoms with van der Waals surface area (Å²) in [6.07, 6.45) is 8.08. The van der Waals surface area contributed by atoms with Crippen LogP contribution in [0, 0.1) is 23.7 Å². The predicted octanol–water partition coefficient (Wildman–Crippen LogP) is 1.86. The summed E-state index contributed by atoms with van der Waals surface area (Å²) in [5.74, 6) is 6.60. The van der Waals surface area contributed by atoms with Gasteiger partial charge in [-0.2, -0.15) is 5.10 Å². The molecule has 104 valence electrons. The van der Waals surface area contributed by atoms with Crippen molar-refractivity contribution in [1.82, 2.24) is 14.8 Å². The number of hydrogen-bond acceptors (Lipinski definition) is 3. The number of aromatic nitrogens is 3. The standard InChI is InChI=1S/C15H24N4/c1-19-13(2-3-16)17-15(18-19)14-11-5-9-4-10(7-11)8-12(14)6-9/h9-12,14H,2-8,16H2,1H3. The molecule has 1 heterocycles. The minimum atomic E-state index is 0.644. The fourth-order valence-corrected chi connectivity index (χ4v) is 5.27. The lowest BCUT2D eigenvalue weighted by Crippen LogP contribution is -2.44. The van der Waals surface area contributed by atoms with E-state index in [4.69, 9.17) is 15.8 Å². The van der Waals surface area contributed by atoms with Crippen molar-refractivity contribution in [2.45, 2.75) is 44.4 Å². The van der Waals surface area contributed by atoms with Gasteiger partial charge in [-0.25, -0.2) is 4.98 Å². The summed E-state index contributed by atoms with van der Waals surface area (Å²) in [5.41, 5.74) is 5.65. The lowest BCUT2D eigenvalue weighted by atomic mass is 9.52. The Kier molecular flexibility index (Phi) is 2.69. The molecule has 0 aliphatic heterocycles. The van der Waals surface area contributed by atoms with Crippen LogP contribution in [0.2, 0.25) is 0 Å². The van der Waals surface area contributed by atoms with Crippen LogP contribution in [-0.2, 0) is 13.5 Å². The Morgan fingerprint density at radius 2 is 1.74 bits per heavy atom. The third-order valence-electron chi connectivity index (χ3n) is 5.76. The highest BCUT2D eigenvalue weighted by Crippen LogP contribution is 2.59. The lowest BCUT2D eigenvalue weighted by molar-refractivity contribution is -0.00566. The molecule has 4 saturated carbocycles. The molecule has 1 aromatic rings. The van der Waals surface area contributed by atoms with Crippen molar-refractivity contribution in [1.29, 1.82) is 0 Å². The van der Waals surface area contributed by atoms with Gasteiger partial charge in [0.15, 0.2) is 5.82 Å². The summed E-state index contributed by atoms with van der Waals surface area (Å²) in [7, 11) is 2.01. The zero-order valence-electron chi connectivity index (χ0n) is 11.8. The van der Waals surface area contributed by atoms with Crippen LogP contribution in [0.25, 0.3) is 0 Å². The molecule has 5 rings (SSSR count). The van der Waals surface area contributed by atoms with Gasteiger partial charge in [0.1, 0.15) is 5.82 Å². The third kappa shape index (κ3) is 1.83. The van der Waals surface area contributed by atoms with Gasteiger partial charge in [0.2, 0.25) is 0 Å². The molecule has 4 aliphatic carbocycles. The van der Waals surface area contributed by atoms with Gasteiger partial charge < -0.3 is 5.73 Å². The molecule has 4 bridgehead atoms. The molecule has 4 heteroatoms. The van der Waals surface area contributed by atoms with E-state index in [2.05, 4.69) is 0 Å². The van der Waals surface area contributed by atoms with Gasteiger partial charge in [-0.3, -0.25) is 4.68 Å². The van der Waals surface area contributed by atoms with E-state index in [0.29, 0.717) is 12.5 Å². The van der Waals surface area contributed by atoms with Crippen molar-refractivity contribution in [3.8, 4) is 0 Å². The molecule has 2 N–H and O–H groups in total. The minimum absolute atomic E-state index is 0.644. The molecular weight excluding hydrogens is 236 g/mol. The zero-order chi connectivity index (χ0) is 13.0. The SMILES string of the molecule is Cn1nc(C2C3CC4CC(C3)CC2C4)nc1CCN. The number of nitrogens with two attached hydrogens (primary N) is 1. The lowest BCUT2D eigenvalue weighted by Gasteiger charge is -2.53. The Morgan fingerprint density at radius 3 is 2.32 bits per heavy atom. The maximum Gasteiger partial charge on any atom is 0.154 e. The number of nitrogens with zero attached hydrogens (tertiary/aromatic N) is 3. The maximum atomic E-state index is 5.65. The van der Waals surface area contributed by atoms with E-state index in [1.54, 1.807) is 0 Å². The van der Waals surface area contributed by atoms with Gasteiger partial charge in [-0.05, 0) is 62.3 Å². The normalized spacial score (nSPS) is 40.0. The fourth-order valence-electron chi connectivity index (χ4n) is 5.27. The van der Waals surface area contributed by atoms with E-state index < -0.39 is 0 Å². The molecule has 1 aromatic heterocycles. The molecule has 0 saturated heterocycles. The van der Waals surface area contributed by atoms with Gasteiger partial charge in [-0.15, -0.1) is 0 Å². The maximum absolute atomic E-state index is 5.65. The molecular formula is C15H24N4. The van der Waals surface area contributed by atoms with Crippen molar-refractivity contribution in [2.75, 3.05) is 6.54 Å². The van der Waals surface area contributed by atoms with Crippen molar-refractivity contribution in [3.05, 3.63) is 11.6 Å². The van der Waals surface area contributed by atoms with Crippen LogP contribution in [0.1, 0.15) is 49.7 Å². The Balaban J connectivity index is 1.63. The smallest absolute Gasteiger partial charge is 0.154 e. The average Bonchev–Trinajstić information content (AvgIpc) is 2.70. The number of aryl methyl sites for hydroxylation is 1. The third-order valence-corrected chi connectivity index (χ3v) is 5.76. The average molecular weight is 260 g/mol. The summed E-state index contributed by atoms with van der Waals surface area (Å²) < 4.78 is 1.95. The first kappa shape index (κ1) is 11.9. The molecule has 0 radical (unpaired) electrons. The zero-order valence-corrected chi connectivity index (χ0v) is 11.8. The largest absolute Gasteiger partial charge is 0.330 e. The number of rotatable bonds is 3. The molecule has 19 heavy (non-hydrogen) atoms. The second kappa shape index (κ2) is 4.30. The molecule has 0 amide bonds. The highest BCUT2D eigenvalue weighted by molar-refractivity contribution is 5.11. The van der Waals surface area contributed by atoms with Crippen LogP contribution in [0.5, 0.6) is 0 Å². The fraction of sp³-hybridized carbons (Fsp3) is 0.867. The van der Waals surface area contributed by atoms with Crippen molar-refractivity contribution in [2.24, 2.45) is 36.5 Å². The van der Waals surface area contributed by atoms with E-state index in [1.165, 1.54) is 32.1 Å². The van der Waals surface area contributed by atoms with Crippen molar-refractivity contribution < 1.29 is 0 Å². The summed E-state index contributed by atoms with van der Waals surface area (Å²) >= 11 is 0. The highest BCUT2D eigenvalue weighted by Gasteiger charge is 2.49. The molecule has 0 aromatic carbocycles.